The second-order valence-electron chi connectivity index (χ2n) is 24.7. The summed E-state index contributed by atoms with van der Waals surface area (Å²) in [6.45, 7) is 9.23. The molecule has 2 N–H and O–H groups in total. The van der Waals surface area contributed by atoms with E-state index in [1.807, 2.05) is 0 Å². The number of aryl methyl sites for hydroxylation is 6. The number of pyridine rings is 2. The topological polar surface area (TPSA) is 110 Å². The molecule has 9 rings (SSSR count). The molecule has 7 heterocycles. The molecule has 3 aromatic rings. The summed E-state index contributed by atoms with van der Waals surface area (Å²) in [7, 11) is 4.15. The molecule has 0 saturated carbocycles. The Morgan fingerprint density at radius 2 is 0.829 bits per heavy atom. The lowest BCUT2D eigenvalue weighted by Gasteiger charge is -2.18. The van der Waals surface area contributed by atoms with Crippen molar-refractivity contribution in [2.45, 2.75) is 259 Å². The van der Waals surface area contributed by atoms with Gasteiger partial charge in [0.15, 0.2) is 24.1 Å². The summed E-state index contributed by atoms with van der Waals surface area (Å²) in [5.74, 6) is 5.91. The Kier molecular flexibility index (Phi) is 23.4. The van der Waals surface area contributed by atoms with E-state index >= 15 is 0 Å². The molecule has 2 aromatic carbocycles. The van der Waals surface area contributed by atoms with Crippen LogP contribution >= 0.6 is 0 Å². The van der Waals surface area contributed by atoms with Gasteiger partial charge in [-0.2, -0.15) is 9.98 Å². The van der Waals surface area contributed by atoms with E-state index in [1.165, 1.54) is 213 Å². The number of hydrogen-bond donors (Lipinski definition) is 2. The minimum absolute atomic E-state index is 0.655. The number of amidine groups is 6. The number of benzene rings is 2. The van der Waals surface area contributed by atoms with E-state index < -0.39 is 0 Å². The van der Waals surface area contributed by atoms with Crippen LogP contribution in [0.1, 0.15) is 289 Å². The number of rotatable bonds is 36. The van der Waals surface area contributed by atoms with Crippen molar-refractivity contribution in [2.24, 2.45) is 39.1 Å². The lowest BCUT2D eigenvalue weighted by molar-refractivity contribution is -0.671. The van der Waals surface area contributed by atoms with E-state index in [9.17, 15) is 0 Å². The van der Waals surface area contributed by atoms with Gasteiger partial charge in [0.25, 0.3) is 11.7 Å². The average Bonchev–Trinajstić information content (AvgIpc) is 4.10. The third kappa shape index (κ3) is 15.8. The minimum Gasteiger partial charge on any atom is -0.356 e. The molecule has 10 nitrogen and oxygen atoms in total. The van der Waals surface area contributed by atoms with Crippen molar-refractivity contribution in [2.75, 3.05) is 0 Å². The summed E-state index contributed by atoms with van der Waals surface area (Å²) in [6, 6.07) is 14.0. The molecule has 438 valence electrons. The van der Waals surface area contributed by atoms with Gasteiger partial charge in [0, 0.05) is 47.8 Å². The summed E-state index contributed by atoms with van der Waals surface area (Å²) in [5, 5.41) is 4.10. The van der Waals surface area contributed by atoms with Crippen LogP contribution in [0.4, 0.5) is 11.6 Å². The van der Waals surface area contributed by atoms with Crippen LogP contribution in [0.3, 0.4) is 0 Å². The number of hydrogen-bond acceptors (Lipinski definition) is 7. The first-order valence-corrected chi connectivity index (χ1v) is 33.5. The lowest BCUT2D eigenvalue weighted by Crippen LogP contribution is -2.66. The normalized spacial score (nSPS) is 14.1. The van der Waals surface area contributed by atoms with Crippen LogP contribution in [-0.4, -0.2) is 44.6 Å². The van der Waals surface area contributed by atoms with E-state index in [0.29, 0.717) is 11.7 Å². The third-order valence-corrected chi connectivity index (χ3v) is 17.8. The first-order chi connectivity index (χ1) is 40.4. The molecule has 6 aliphatic rings. The van der Waals surface area contributed by atoms with E-state index in [-0.39, 0.29) is 0 Å². The highest BCUT2D eigenvalue weighted by Crippen LogP contribution is 2.39. The maximum Gasteiger partial charge on any atom is 0.271 e. The third-order valence-electron chi connectivity index (χ3n) is 17.8. The standard InChI is InChI=1S/C72H101N10/c1-7-11-15-19-23-27-31-35-39-53-43-45-55(41-37-33-29-25-21-17-13-9-3)63-61(53)69-76-67-59-51-81(5)49-47-57(59)65(74-67)73-66-58-48-50-82(6)52-60(58)68(75-66)77-70-62-54(40-36-32-28-24-20-16-12-8-2)44-46-56(42-38-34-30-26-22-18-14-10-4)64(62)72(79-70)80-71(63)78-69/h43-52H,7-42H2,1-6H3,(H,73,74,75,76,77,78,79,80)/q+1/p+1. The molecule has 0 atom stereocenters. The predicted octanol–water partition coefficient (Wildman–Crippen LogP) is 16.6. The molecule has 8 bridgehead atoms. The summed E-state index contributed by atoms with van der Waals surface area (Å²) in [5.41, 5.74) is 14.0. The molecule has 6 aliphatic heterocycles. The lowest BCUT2D eigenvalue weighted by atomic mass is 9.89. The van der Waals surface area contributed by atoms with Crippen LogP contribution in [0.25, 0.3) is 11.1 Å². The number of fused-ring (bicyclic) bond motifs is 17. The molecule has 0 fully saturated rings. The van der Waals surface area contributed by atoms with E-state index in [1.54, 1.807) is 0 Å². The number of nitrogens with one attached hydrogen (secondary N) is 2. The molecule has 10 heteroatoms. The van der Waals surface area contributed by atoms with Crippen molar-refractivity contribution in [1.29, 1.82) is 0 Å². The van der Waals surface area contributed by atoms with Gasteiger partial charge in [-0.1, -0.05) is 242 Å². The Labute approximate surface area is 494 Å². The highest BCUT2D eigenvalue weighted by molar-refractivity contribution is 6.34. The van der Waals surface area contributed by atoms with Crippen LogP contribution < -0.4 is 14.9 Å². The molecule has 1 aromatic heterocycles. The van der Waals surface area contributed by atoms with E-state index in [0.717, 1.165) is 120 Å². The Morgan fingerprint density at radius 3 is 1.28 bits per heavy atom. The van der Waals surface area contributed by atoms with Crippen LogP contribution in [0.15, 0.2) is 86.1 Å². The maximum absolute atomic E-state index is 5.72. The van der Waals surface area contributed by atoms with Gasteiger partial charge in [-0.15, -0.1) is 0 Å². The number of aromatic nitrogens is 3. The van der Waals surface area contributed by atoms with Gasteiger partial charge in [0.1, 0.15) is 24.3 Å². The van der Waals surface area contributed by atoms with E-state index in [2.05, 4.69) is 122 Å². The Bertz CT molecular complexity index is 3050. The minimum atomic E-state index is 0.655. The Balaban J connectivity index is 1.17. The van der Waals surface area contributed by atoms with Gasteiger partial charge in [-0.25, -0.2) is 19.5 Å². The Hall–Kier alpha value is -5.90. The van der Waals surface area contributed by atoms with Crippen molar-refractivity contribution in [3.63, 3.8) is 0 Å². The van der Waals surface area contributed by atoms with Crippen molar-refractivity contribution >= 4 is 46.6 Å². The Morgan fingerprint density at radius 1 is 0.415 bits per heavy atom. The molecule has 0 amide bonds. The summed E-state index contributed by atoms with van der Waals surface area (Å²) in [6.07, 6.45) is 53.5. The quantitative estimate of drug-likeness (QED) is 0.0308. The van der Waals surface area contributed by atoms with Crippen molar-refractivity contribution in [3.05, 3.63) is 117 Å². The largest absolute Gasteiger partial charge is 0.356 e. The summed E-state index contributed by atoms with van der Waals surface area (Å²) in [4.78, 5) is 37.2. The van der Waals surface area contributed by atoms with Crippen molar-refractivity contribution in [1.82, 2.24) is 14.9 Å². The summed E-state index contributed by atoms with van der Waals surface area (Å²) < 4.78 is 4.19. The second-order valence-corrected chi connectivity index (χ2v) is 24.7. The van der Waals surface area contributed by atoms with E-state index in [4.69, 9.17) is 29.9 Å². The first kappa shape index (κ1) is 60.7. The van der Waals surface area contributed by atoms with Gasteiger partial charge >= 0.3 is 0 Å². The molecule has 0 saturated heterocycles. The second kappa shape index (κ2) is 31.7. The van der Waals surface area contributed by atoms with Crippen molar-refractivity contribution < 1.29 is 9.56 Å². The number of unbranched alkanes of at least 4 members (excludes halogenated alkanes) is 28. The van der Waals surface area contributed by atoms with Crippen LogP contribution in [-0.2, 0) is 39.8 Å². The zero-order valence-electron chi connectivity index (χ0n) is 51.8. The molecular formula is C72H102N10+2. The molecule has 0 spiro atoms. The smallest absolute Gasteiger partial charge is 0.271 e. The average molecular weight is 1110 g/mol. The molecule has 0 radical (unpaired) electrons. The van der Waals surface area contributed by atoms with Crippen molar-refractivity contribution in [3.8, 4) is 11.1 Å². The summed E-state index contributed by atoms with van der Waals surface area (Å²) >= 11 is 0. The SMILES string of the molecule is CCCCCCCCCCc1ccc(CCCCCCCCCC)c2c1C1=NC3=NC(=[NH+]c4nc(c5cn(C)ccc4-5)N=C4N=C(NC2=N1)c1c(CCCCCCCCCC)ccc(CCCCCCCCCC)c14)c1cc[n+](C)cc13. The number of nitrogens with zero attached hydrogens (tertiary/aromatic N) is 8. The monoisotopic (exact) mass is 1110 g/mol. The maximum atomic E-state index is 5.72. The first-order valence-electron chi connectivity index (χ1n) is 33.5. The van der Waals surface area contributed by atoms with Gasteiger partial charge in [0.2, 0.25) is 11.7 Å². The highest BCUT2D eigenvalue weighted by atomic mass is 15.2. The van der Waals surface area contributed by atoms with Gasteiger partial charge in [-0.05, 0) is 79.7 Å². The van der Waals surface area contributed by atoms with Gasteiger partial charge < -0.3 is 9.88 Å². The fraction of sp³-hybridized carbons (Fsp3) is 0.583. The molecule has 0 aliphatic carbocycles. The zero-order valence-corrected chi connectivity index (χ0v) is 51.8. The zero-order chi connectivity index (χ0) is 56.9. The van der Waals surface area contributed by atoms with Crippen LogP contribution in [0.5, 0.6) is 0 Å². The van der Waals surface area contributed by atoms with Crippen LogP contribution in [0, 0.1) is 0 Å². The fourth-order valence-corrected chi connectivity index (χ4v) is 13.0. The van der Waals surface area contributed by atoms with Gasteiger partial charge in [0.05, 0.1) is 16.7 Å². The molecule has 82 heavy (non-hydrogen) atoms. The molecule has 0 unspecified atom stereocenters. The molecular weight excluding hydrogens is 1000 g/mol. The van der Waals surface area contributed by atoms with Gasteiger partial charge in [-0.3, -0.25) is 0 Å². The highest BCUT2D eigenvalue weighted by Gasteiger charge is 2.37. The number of aliphatic imine (C=N–C) groups is 5. The van der Waals surface area contributed by atoms with Crippen LogP contribution in [0.2, 0.25) is 0 Å². The fourth-order valence-electron chi connectivity index (χ4n) is 13.0. The predicted molar refractivity (Wildman–Crippen MR) is 346 cm³/mol.